The minimum Gasteiger partial charge on any atom is -0.469 e. The third kappa shape index (κ3) is 2.04. The molecule has 0 amide bonds. The van der Waals surface area contributed by atoms with E-state index in [0.29, 0.717) is 12.8 Å². The number of furan rings is 1. The fraction of sp³-hybridized carbons (Fsp3) is 0.545. The summed E-state index contributed by atoms with van der Waals surface area (Å²) in [5.41, 5.74) is 5.78. The molecule has 1 aromatic rings. The number of rotatable bonds is 4. The zero-order valence-electron chi connectivity index (χ0n) is 8.16. The van der Waals surface area contributed by atoms with Crippen molar-refractivity contribution < 1.29 is 9.21 Å². The number of hydrogen-bond donors (Lipinski definition) is 1. The molecule has 0 unspecified atom stereocenters. The molecule has 1 fully saturated rings. The molecule has 1 saturated carbocycles. The predicted octanol–water partition coefficient (Wildman–Crippen LogP) is 1.66. The van der Waals surface area contributed by atoms with Crippen LogP contribution in [0.4, 0.5) is 0 Å². The Morgan fingerprint density at radius 1 is 1.57 bits per heavy atom. The third-order valence-electron chi connectivity index (χ3n) is 2.85. The maximum absolute atomic E-state index is 11.6. The highest BCUT2D eigenvalue weighted by Gasteiger charge is 2.34. The molecule has 0 aliphatic heterocycles. The summed E-state index contributed by atoms with van der Waals surface area (Å²) in [4.78, 5) is 11.6. The smallest absolute Gasteiger partial charge is 0.142 e. The molecular formula is C11H15NO2. The molecule has 0 spiro atoms. The van der Waals surface area contributed by atoms with Crippen molar-refractivity contribution in [3.8, 4) is 0 Å². The van der Waals surface area contributed by atoms with E-state index in [4.69, 9.17) is 10.2 Å². The molecule has 3 nitrogen and oxygen atoms in total. The Bertz CT molecular complexity index is 312. The van der Waals surface area contributed by atoms with Gasteiger partial charge < -0.3 is 10.2 Å². The molecule has 1 heterocycles. The number of carbonyl (C=O) groups is 1. The Morgan fingerprint density at radius 2 is 2.36 bits per heavy atom. The van der Waals surface area contributed by atoms with Gasteiger partial charge in [0.25, 0.3) is 0 Å². The highest BCUT2D eigenvalue weighted by Crippen LogP contribution is 2.32. The molecule has 2 rings (SSSR count). The lowest BCUT2D eigenvalue weighted by Gasteiger charge is -2.37. The largest absolute Gasteiger partial charge is 0.469 e. The lowest BCUT2D eigenvalue weighted by Crippen LogP contribution is -2.48. The first kappa shape index (κ1) is 9.46. The van der Waals surface area contributed by atoms with E-state index in [1.165, 1.54) is 0 Å². The normalized spacial score (nSPS) is 18.9. The van der Waals surface area contributed by atoms with Crippen molar-refractivity contribution in [1.82, 2.24) is 0 Å². The molecule has 3 heteroatoms. The molecule has 0 atom stereocenters. The minimum atomic E-state index is -0.205. The number of ketones is 1. The third-order valence-corrected chi connectivity index (χ3v) is 2.85. The van der Waals surface area contributed by atoms with Crippen LogP contribution in [0.15, 0.2) is 22.8 Å². The summed E-state index contributed by atoms with van der Waals surface area (Å²) in [5, 5.41) is 0. The molecule has 1 aromatic heterocycles. The van der Waals surface area contributed by atoms with Gasteiger partial charge in [-0.15, -0.1) is 0 Å². The van der Waals surface area contributed by atoms with E-state index in [0.717, 1.165) is 25.0 Å². The van der Waals surface area contributed by atoms with Crippen LogP contribution < -0.4 is 5.73 Å². The molecule has 76 valence electrons. The Hall–Kier alpha value is -1.09. The van der Waals surface area contributed by atoms with Gasteiger partial charge in [0.15, 0.2) is 0 Å². The highest BCUT2D eigenvalue weighted by molar-refractivity contribution is 5.81. The van der Waals surface area contributed by atoms with Crippen LogP contribution in [0.1, 0.15) is 31.4 Å². The van der Waals surface area contributed by atoms with E-state index < -0.39 is 0 Å². The van der Waals surface area contributed by atoms with Crippen molar-refractivity contribution >= 4 is 5.78 Å². The number of Topliss-reactive ketones (excluding diaryl/α,β-unsaturated/α-hetero) is 1. The minimum absolute atomic E-state index is 0.183. The van der Waals surface area contributed by atoms with Crippen LogP contribution in [0.25, 0.3) is 0 Å². The van der Waals surface area contributed by atoms with Crippen molar-refractivity contribution in [2.24, 2.45) is 5.73 Å². The topological polar surface area (TPSA) is 56.2 Å². The molecule has 0 radical (unpaired) electrons. The SMILES string of the molecule is NC1(CC(=O)Cc2ccco2)CCC1. The molecule has 0 saturated heterocycles. The van der Waals surface area contributed by atoms with Gasteiger partial charge in [-0.25, -0.2) is 0 Å². The van der Waals surface area contributed by atoms with Crippen LogP contribution in [-0.4, -0.2) is 11.3 Å². The molecule has 14 heavy (non-hydrogen) atoms. The van der Waals surface area contributed by atoms with Crippen LogP contribution >= 0.6 is 0 Å². The summed E-state index contributed by atoms with van der Waals surface area (Å²) in [7, 11) is 0. The zero-order valence-corrected chi connectivity index (χ0v) is 8.16. The maximum atomic E-state index is 11.6. The lowest BCUT2D eigenvalue weighted by atomic mass is 9.74. The highest BCUT2D eigenvalue weighted by atomic mass is 16.3. The summed E-state index contributed by atoms with van der Waals surface area (Å²) >= 11 is 0. The number of carbonyl (C=O) groups excluding carboxylic acids is 1. The molecule has 2 N–H and O–H groups in total. The quantitative estimate of drug-likeness (QED) is 0.791. The van der Waals surface area contributed by atoms with E-state index >= 15 is 0 Å². The average molecular weight is 193 g/mol. The Kier molecular flexibility index (Phi) is 2.42. The van der Waals surface area contributed by atoms with Crippen molar-refractivity contribution in [2.75, 3.05) is 0 Å². The van der Waals surface area contributed by atoms with E-state index in [9.17, 15) is 4.79 Å². The molecule has 0 bridgehead atoms. The van der Waals surface area contributed by atoms with Gasteiger partial charge in [0.2, 0.25) is 0 Å². The van der Waals surface area contributed by atoms with Crippen LogP contribution in [-0.2, 0) is 11.2 Å². The van der Waals surface area contributed by atoms with Crippen LogP contribution in [0, 0.1) is 0 Å². The Labute approximate surface area is 83.3 Å². The predicted molar refractivity (Wildman–Crippen MR) is 52.8 cm³/mol. The number of nitrogens with two attached hydrogens (primary N) is 1. The van der Waals surface area contributed by atoms with E-state index in [-0.39, 0.29) is 11.3 Å². The summed E-state index contributed by atoms with van der Waals surface area (Å²) in [6, 6.07) is 3.62. The molecule has 1 aliphatic carbocycles. The van der Waals surface area contributed by atoms with Crippen molar-refractivity contribution in [3.63, 3.8) is 0 Å². The standard InChI is InChI=1S/C11H15NO2/c12-11(4-2-5-11)8-9(13)7-10-3-1-6-14-10/h1,3,6H,2,4-5,7-8,12H2. The summed E-state index contributed by atoms with van der Waals surface area (Å²) in [6.45, 7) is 0. The molecule has 0 aromatic carbocycles. The van der Waals surface area contributed by atoms with Crippen molar-refractivity contribution in [2.45, 2.75) is 37.6 Å². The fourth-order valence-corrected chi connectivity index (χ4v) is 1.87. The molecular weight excluding hydrogens is 178 g/mol. The maximum Gasteiger partial charge on any atom is 0.142 e. The summed E-state index contributed by atoms with van der Waals surface area (Å²) < 4.78 is 5.11. The van der Waals surface area contributed by atoms with Gasteiger partial charge in [-0.3, -0.25) is 4.79 Å². The lowest BCUT2D eigenvalue weighted by molar-refractivity contribution is -0.120. The second-order valence-corrected chi connectivity index (χ2v) is 4.19. The Balaban J connectivity index is 1.84. The first-order valence-corrected chi connectivity index (χ1v) is 5.01. The van der Waals surface area contributed by atoms with Gasteiger partial charge in [0.05, 0.1) is 12.7 Å². The second kappa shape index (κ2) is 3.58. The van der Waals surface area contributed by atoms with Crippen LogP contribution in [0.3, 0.4) is 0 Å². The van der Waals surface area contributed by atoms with Gasteiger partial charge >= 0.3 is 0 Å². The van der Waals surface area contributed by atoms with E-state index in [2.05, 4.69) is 0 Å². The van der Waals surface area contributed by atoms with Crippen molar-refractivity contribution in [1.29, 1.82) is 0 Å². The average Bonchev–Trinajstić information content (AvgIpc) is 2.53. The van der Waals surface area contributed by atoms with Gasteiger partial charge in [0.1, 0.15) is 11.5 Å². The Morgan fingerprint density at radius 3 is 2.86 bits per heavy atom. The summed E-state index contributed by atoms with van der Waals surface area (Å²) in [6.07, 6.45) is 5.59. The van der Waals surface area contributed by atoms with Gasteiger partial charge in [0, 0.05) is 12.0 Å². The first-order valence-electron chi connectivity index (χ1n) is 5.01. The van der Waals surface area contributed by atoms with Crippen LogP contribution in [0.5, 0.6) is 0 Å². The van der Waals surface area contributed by atoms with E-state index in [1.54, 1.807) is 12.3 Å². The van der Waals surface area contributed by atoms with E-state index in [1.807, 2.05) is 6.07 Å². The second-order valence-electron chi connectivity index (χ2n) is 4.19. The van der Waals surface area contributed by atoms with Gasteiger partial charge in [-0.05, 0) is 31.4 Å². The number of hydrogen-bond acceptors (Lipinski definition) is 3. The monoisotopic (exact) mass is 193 g/mol. The first-order chi connectivity index (χ1) is 6.68. The van der Waals surface area contributed by atoms with Crippen LogP contribution in [0.2, 0.25) is 0 Å². The van der Waals surface area contributed by atoms with Gasteiger partial charge in [-0.1, -0.05) is 0 Å². The molecule has 1 aliphatic rings. The van der Waals surface area contributed by atoms with Gasteiger partial charge in [-0.2, -0.15) is 0 Å². The fourth-order valence-electron chi connectivity index (χ4n) is 1.87. The summed E-state index contributed by atoms with van der Waals surface area (Å²) in [5.74, 6) is 0.917. The zero-order chi connectivity index (χ0) is 10.0. The van der Waals surface area contributed by atoms with Crippen molar-refractivity contribution in [3.05, 3.63) is 24.2 Å².